The molecule has 0 aromatic heterocycles. The number of anilines is 1. The lowest BCUT2D eigenvalue weighted by Crippen LogP contribution is -2.53. The first-order chi connectivity index (χ1) is 10.5. The average molecular weight is 446 g/mol. The quantitative estimate of drug-likeness (QED) is 0.698. The van der Waals surface area contributed by atoms with Crippen molar-refractivity contribution >= 4 is 31.6 Å². The van der Waals surface area contributed by atoms with E-state index in [0.29, 0.717) is 12.3 Å². The lowest BCUT2D eigenvalue weighted by Gasteiger charge is -2.33. The first-order valence-electron chi connectivity index (χ1n) is 5.76. The molecule has 13 heteroatoms. The van der Waals surface area contributed by atoms with Gasteiger partial charge >= 0.3 is 12.4 Å². The first kappa shape index (κ1) is 20.8. The number of nitrogens with one attached hydrogen (secondary N) is 1. The monoisotopic (exact) mass is 445 g/mol. The zero-order chi connectivity index (χ0) is 19.1. The minimum atomic E-state index is -6.08. The van der Waals surface area contributed by atoms with E-state index in [4.69, 9.17) is 0 Å². The van der Waals surface area contributed by atoms with E-state index in [-0.39, 0.29) is 6.07 Å². The van der Waals surface area contributed by atoms with Gasteiger partial charge in [-0.15, -0.1) is 0 Å². The average Bonchev–Trinajstić information content (AvgIpc) is 2.35. The van der Waals surface area contributed by atoms with Crippen molar-refractivity contribution in [2.75, 3.05) is 18.1 Å². The first-order valence-corrected chi connectivity index (χ1v) is 8.44. The molecule has 0 atom stereocenters. The molecular weight excluding hydrogens is 436 g/mol. The molecule has 138 valence electrons. The minimum Gasteiger partial charge on any atom is -0.495 e. The van der Waals surface area contributed by atoms with Crippen LogP contribution in [0.2, 0.25) is 0 Å². The molecule has 0 aliphatic heterocycles. The smallest absolute Gasteiger partial charge is 0.430 e. The second kappa shape index (κ2) is 6.26. The summed E-state index contributed by atoms with van der Waals surface area (Å²) in [6, 6.07) is 0.552. The fraction of sp³-hybridized carbons (Fsp3) is 0.455. The molecular formula is C11H10BrF6NO4S. The van der Waals surface area contributed by atoms with Crippen LogP contribution in [0, 0.1) is 0 Å². The molecule has 1 aromatic carbocycles. The molecule has 0 unspecified atom stereocenters. The zero-order valence-electron chi connectivity index (χ0n) is 11.9. The maximum absolute atomic E-state index is 12.9. The lowest BCUT2D eigenvalue weighted by molar-refractivity contribution is -0.376. The third kappa shape index (κ3) is 3.88. The van der Waals surface area contributed by atoms with Crippen LogP contribution in [0.25, 0.3) is 0 Å². The Labute approximate surface area is 140 Å². The summed E-state index contributed by atoms with van der Waals surface area (Å²) in [4.78, 5) is 0. The predicted molar refractivity (Wildman–Crippen MR) is 75.2 cm³/mol. The molecule has 2 N–H and O–H groups in total. The van der Waals surface area contributed by atoms with Crippen molar-refractivity contribution in [3.63, 3.8) is 0 Å². The molecule has 0 amide bonds. The molecule has 5 nitrogen and oxygen atoms in total. The Kier molecular flexibility index (Phi) is 5.43. The molecule has 24 heavy (non-hydrogen) atoms. The number of halogens is 7. The highest BCUT2D eigenvalue weighted by atomic mass is 79.9. The molecule has 0 aliphatic carbocycles. The normalized spacial score (nSPS) is 13.8. The Morgan fingerprint density at radius 2 is 1.58 bits per heavy atom. The van der Waals surface area contributed by atoms with Crippen molar-refractivity contribution in [2.24, 2.45) is 0 Å². The summed E-state index contributed by atoms with van der Waals surface area (Å²) >= 11 is 2.66. The van der Waals surface area contributed by atoms with Crippen molar-refractivity contribution < 1.29 is 44.6 Å². The van der Waals surface area contributed by atoms with Crippen LogP contribution in [0.15, 0.2) is 16.6 Å². The van der Waals surface area contributed by atoms with Crippen LogP contribution in [0.4, 0.5) is 32.0 Å². The summed E-state index contributed by atoms with van der Waals surface area (Å²) in [6.07, 6.45) is -11.4. The Bertz CT molecular complexity index is 717. The van der Waals surface area contributed by atoms with Gasteiger partial charge in [0.05, 0.1) is 13.4 Å². The fourth-order valence-corrected chi connectivity index (χ4v) is 2.98. The Morgan fingerprint density at radius 1 is 1.12 bits per heavy atom. The number of sulfonamides is 1. The van der Waals surface area contributed by atoms with Crippen LogP contribution in [-0.4, -0.2) is 39.2 Å². The highest BCUT2D eigenvalue weighted by molar-refractivity contribution is 9.10. The van der Waals surface area contributed by atoms with E-state index in [1.54, 1.807) is 0 Å². The van der Waals surface area contributed by atoms with Crippen LogP contribution in [0.1, 0.15) is 5.56 Å². The van der Waals surface area contributed by atoms with Gasteiger partial charge in [0.15, 0.2) is 0 Å². The number of hydrogen-bond donors (Lipinski definition) is 2. The second-order valence-electron chi connectivity index (χ2n) is 4.62. The second-order valence-corrected chi connectivity index (χ2v) is 7.22. The number of methoxy groups -OCH3 is 1. The van der Waals surface area contributed by atoms with Crippen LogP contribution in [0.3, 0.4) is 0 Å². The number of benzene rings is 1. The van der Waals surface area contributed by atoms with Crippen LogP contribution in [-0.2, 0) is 15.6 Å². The van der Waals surface area contributed by atoms with Crippen LogP contribution < -0.4 is 9.46 Å². The fourth-order valence-electron chi connectivity index (χ4n) is 1.72. The molecule has 0 saturated carbocycles. The summed E-state index contributed by atoms with van der Waals surface area (Å²) in [6.45, 7) is 0. The summed E-state index contributed by atoms with van der Waals surface area (Å²) in [5, 5.41) is 9.36. The van der Waals surface area contributed by atoms with Crippen molar-refractivity contribution in [1.29, 1.82) is 0 Å². The molecule has 0 heterocycles. The standard InChI is InChI=1S/C11H10BrF6NO4S/c1-23-7-4-5(3-6(12)8(7)19-24(2,21)22)9(20,10(13,14)15)11(16,17)18/h3-4,19-20H,1-2H3. The van der Waals surface area contributed by atoms with Gasteiger partial charge in [-0.3, -0.25) is 4.72 Å². The summed E-state index contributed by atoms with van der Waals surface area (Å²) in [7, 11) is -3.00. The van der Waals surface area contributed by atoms with E-state index in [1.165, 1.54) is 0 Å². The van der Waals surface area contributed by atoms with Crippen LogP contribution in [0.5, 0.6) is 5.75 Å². The van der Waals surface area contributed by atoms with Gasteiger partial charge in [0.25, 0.3) is 5.60 Å². The number of ether oxygens (including phenoxy) is 1. The molecule has 0 radical (unpaired) electrons. The minimum absolute atomic E-state index is 0.249. The largest absolute Gasteiger partial charge is 0.495 e. The van der Waals surface area contributed by atoms with Gasteiger partial charge in [-0.05, 0) is 28.1 Å². The summed E-state index contributed by atoms with van der Waals surface area (Å²) in [5.41, 5.74) is -7.18. The number of aliphatic hydroxyl groups is 1. The third-order valence-electron chi connectivity index (χ3n) is 2.80. The molecule has 0 aliphatic rings. The highest BCUT2D eigenvalue weighted by Gasteiger charge is 2.71. The molecule has 0 saturated heterocycles. The third-order valence-corrected chi connectivity index (χ3v) is 4.00. The topological polar surface area (TPSA) is 75.6 Å². The van der Waals surface area contributed by atoms with Crippen molar-refractivity contribution in [3.05, 3.63) is 22.2 Å². The van der Waals surface area contributed by atoms with Gasteiger partial charge in [-0.1, -0.05) is 0 Å². The molecule has 0 bridgehead atoms. The van der Waals surface area contributed by atoms with Crippen molar-refractivity contribution in [3.8, 4) is 5.75 Å². The molecule has 0 fully saturated rings. The van der Waals surface area contributed by atoms with Gasteiger partial charge in [-0.25, -0.2) is 8.42 Å². The Balaban J connectivity index is 3.70. The Morgan fingerprint density at radius 3 is 1.92 bits per heavy atom. The lowest BCUT2D eigenvalue weighted by atomic mass is 9.92. The van der Waals surface area contributed by atoms with Gasteiger partial charge in [-0.2, -0.15) is 26.3 Å². The number of hydrogen-bond acceptors (Lipinski definition) is 4. The van der Waals surface area contributed by atoms with Crippen LogP contribution >= 0.6 is 15.9 Å². The number of rotatable bonds is 4. The van der Waals surface area contributed by atoms with E-state index < -0.39 is 49.5 Å². The van der Waals surface area contributed by atoms with Crippen molar-refractivity contribution in [2.45, 2.75) is 18.0 Å². The van der Waals surface area contributed by atoms with Gasteiger partial charge < -0.3 is 9.84 Å². The van der Waals surface area contributed by atoms with Gasteiger partial charge in [0.2, 0.25) is 10.0 Å². The van der Waals surface area contributed by atoms with E-state index in [9.17, 15) is 39.9 Å². The van der Waals surface area contributed by atoms with Gasteiger partial charge in [0.1, 0.15) is 11.4 Å². The molecule has 1 rings (SSSR count). The molecule has 0 spiro atoms. The maximum Gasteiger partial charge on any atom is 0.430 e. The van der Waals surface area contributed by atoms with Gasteiger partial charge in [0, 0.05) is 10.0 Å². The molecule has 1 aromatic rings. The van der Waals surface area contributed by atoms with E-state index in [0.717, 1.165) is 7.11 Å². The number of alkyl halides is 6. The Hall–Kier alpha value is -1.21. The zero-order valence-corrected chi connectivity index (χ0v) is 14.3. The van der Waals surface area contributed by atoms with E-state index in [2.05, 4.69) is 20.7 Å². The predicted octanol–water partition coefficient (Wildman–Crippen LogP) is 3.14. The SMILES string of the molecule is COc1cc(C(O)(C(F)(F)F)C(F)(F)F)cc(Br)c1NS(C)(=O)=O. The van der Waals surface area contributed by atoms with E-state index in [1.807, 2.05) is 4.72 Å². The van der Waals surface area contributed by atoms with Crippen molar-refractivity contribution in [1.82, 2.24) is 0 Å². The summed E-state index contributed by atoms with van der Waals surface area (Å²) < 4.78 is 106. The summed E-state index contributed by atoms with van der Waals surface area (Å²) in [5.74, 6) is -0.656. The highest BCUT2D eigenvalue weighted by Crippen LogP contribution is 2.52. The van der Waals surface area contributed by atoms with E-state index >= 15 is 0 Å². The maximum atomic E-state index is 12.9.